The number of halogens is 1. The van der Waals surface area contributed by atoms with E-state index in [1.54, 1.807) is 13.2 Å². The lowest BCUT2D eigenvalue weighted by atomic mass is 10.1. The fourth-order valence-electron chi connectivity index (χ4n) is 1.73. The van der Waals surface area contributed by atoms with Crippen molar-refractivity contribution in [1.82, 2.24) is 9.78 Å². The lowest BCUT2D eigenvalue weighted by Gasteiger charge is -2.11. The molecule has 0 aliphatic heterocycles. The summed E-state index contributed by atoms with van der Waals surface area (Å²) in [5.41, 5.74) is 6.03. The SMILES string of the molecule is Cn1cc(C(N)C(=O)Nc2cc(Cl)ccc2[N+](=O)[O-])cn1. The summed E-state index contributed by atoms with van der Waals surface area (Å²) in [6.07, 6.45) is 3.05. The van der Waals surface area contributed by atoms with Crippen LogP contribution in [0.2, 0.25) is 5.02 Å². The molecule has 3 N–H and O–H groups in total. The zero-order valence-electron chi connectivity index (χ0n) is 11.0. The molecule has 0 saturated heterocycles. The molecular weight excluding hydrogens is 298 g/mol. The standard InChI is InChI=1S/C12H12ClN5O3/c1-17-6-7(5-15-17)11(14)12(19)16-9-4-8(13)2-3-10(9)18(20)21/h2-6,11H,14H2,1H3,(H,16,19). The van der Waals surface area contributed by atoms with E-state index < -0.39 is 16.9 Å². The van der Waals surface area contributed by atoms with Crippen LogP contribution in [0.5, 0.6) is 0 Å². The first-order valence-electron chi connectivity index (χ1n) is 5.87. The van der Waals surface area contributed by atoms with Gasteiger partial charge in [0.05, 0.1) is 11.1 Å². The van der Waals surface area contributed by atoms with E-state index >= 15 is 0 Å². The van der Waals surface area contributed by atoms with Gasteiger partial charge in [0.2, 0.25) is 5.91 Å². The Kier molecular flexibility index (Phi) is 4.20. The summed E-state index contributed by atoms with van der Waals surface area (Å²) >= 11 is 5.79. The molecule has 2 rings (SSSR count). The first-order valence-corrected chi connectivity index (χ1v) is 6.25. The van der Waals surface area contributed by atoms with Gasteiger partial charge < -0.3 is 11.1 Å². The molecule has 0 aliphatic rings. The lowest BCUT2D eigenvalue weighted by Crippen LogP contribution is -2.27. The van der Waals surface area contributed by atoms with Crippen molar-refractivity contribution in [2.45, 2.75) is 6.04 Å². The lowest BCUT2D eigenvalue weighted by molar-refractivity contribution is -0.383. The van der Waals surface area contributed by atoms with Crippen molar-refractivity contribution >= 4 is 28.9 Å². The summed E-state index contributed by atoms with van der Waals surface area (Å²) in [4.78, 5) is 22.4. The molecule has 1 unspecified atom stereocenters. The molecule has 1 aromatic carbocycles. The summed E-state index contributed by atoms with van der Waals surface area (Å²) in [6, 6.07) is 2.90. The Labute approximate surface area is 124 Å². The van der Waals surface area contributed by atoms with E-state index in [0.29, 0.717) is 5.56 Å². The van der Waals surface area contributed by atoms with E-state index in [1.165, 1.54) is 29.1 Å². The third-order valence-corrected chi connectivity index (χ3v) is 3.01. The summed E-state index contributed by atoms with van der Waals surface area (Å²) in [5.74, 6) is -0.589. The molecule has 0 aliphatic carbocycles. The maximum absolute atomic E-state index is 12.1. The van der Waals surface area contributed by atoms with Gasteiger partial charge in [-0.25, -0.2) is 0 Å². The second-order valence-corrected chi connectivity index (χ2v) is 4.77. The van der Waals surface area contributed by atoms with Gasteiger partial charge in [0.15, 0.2) is 0 Å². The molecule has 1 amide bonds. The Hall–Kier alpha value is -2.45. The zero-order chi connectivity index (χ0) is 15.6. The molecule has 110 valence electrons. The van der Waals surface area contributed by atoms with Gasteiger partial charge in [0, 0.05) is 29.9 Å². The number of nitrogens with zero attached hydrogens (tertiary/aromatic N) is 3. The highest BCUT2D eigenvalue weighted by atomic mass is 35.5. The minimum Gasteiger partial charge on any atom is -0.319 e. The predicted molar refractivity (Wildman–Crippen MR) is 76.9 cm³/mol. The number of aromatic nitrogens is 2. The normalized spacial score (nSPS) is 12.0. The number of benzene rings is 1. The number of hydrogen-bond acceptors (Lipinski definition) is 5. The van der Waals surface area contributed by atoms with Crippen LogP contribution in [0, 0.1) is 10.1 Å². The van der Waals surface area contributed by atoms with Crippen molar-refractivity contribution in [3.63, 3.8) is 0 Å². The van der Waals surface area contributed by atoms with Crippen LogP contribution < -0.4 is 11.1 Å². The minimum atomic E-state index is -0.989. The number of nitrogens with two attached hydrogens (primary N) is 1. The monoisotopic (exact) mass is 309 g/mol. The third-order valence-electron chi connectivity index (χ3n) is 2.78. The highest BCUT2D eigenvalue weighted by molar-refractivity contribution is 6.31. The fraction of sp³-hybridized carbons (Fsp3) is 0.167. The van der Waals surface area contributed by atoms with Gasteiger partial charge in [-0.05, 0) is 12.1 Å². The number of nitro groups is 1. The molecule has 0 bridgehead atoms. The van der Waals surface area contributed by atoms with Crippen LogP contribution in [0.1, 0.15) is 11.6 Å². The smallest absolute Gasteiger partial charge is 0.292 e. The highest BCUT2D eigenvalue weighted by Crippen LogP contribution is 2.28. The van der Waals surface area contributed by atoms with Crippen molar-refractivity contribution in [2.24, 2.45) is 12.8 Å². The number of carbonyl (C=O) groups is 1. The third kappa shape index (κ3) is 3.36. The van der Waals surface area contributed by atoms with Crippen molar-refractivity contribution in [2.75, 3.05) is 5.32 Å². The largest absolute Gasteiger partial charge is 0.319 e. The summed E-state index contributed by atoms with van der Waals surface area (Å²) in [7, 11) is 1.69. The molecule has 1 atom stereocenters. The van der Waals surface area contributed by atoms with Gasteiger partial charge in [0.25, 0.3) is 5.69 Å². The molecule has 8 nitrogen and oxygen atoms in total. The second-order valence-electron chi connectivity index (χ2n) is 4.33. The molecule has 1 heterocycles. The molecule has 9 heteroatoms. The number of hydrogen-bond donors (Lipinski definition) is 2. The number of aryl methyl sites for hydroxylation is 1. The van der Waals surface area contributed by atoms with E-state index in [9.17, 15) is 14.9 Å². The fourth-order valence-corrected chi connectivity index (χ4v) is 1.90. The molecule has 0 fully saturated rings. The van der Waals surface area contributed by atoms with Gasteiger partial charge in [-0.2, -0.15) is 5.10 Å². The molecule has 0 saturated carbocycles. The maximum atomic E-state index is 12.1. The quantitative estimate of drug-likeness (QED) is 0.657. The first kappa shape index (κ1) is 14.9. The molecule has 1 aromatic heterocycles. The number of nitrogens with one attached hydrogen (secondary N) is 1. The number of anilines is 1. The van der Waals surface area contributed by atoms with Crippen LogP contribution in [0.3, 0.4) is 0 Å². The predicted octanol–water partition coefficient (Wildman–Crippen LogP) is 1.62. The molecule has 21 heavy (non-hydrogen) atoms. The van der Waals surface area contributed by atoms with Crippen LogP contribution in [0.4, 0.5) is 11.4 Å². The van der Waals surface area contributed by atoms with Gasteiger partial charge in [-0.3, -0.25) is 19.6 Å². The summed E-state index contributed by atoms with van der Waals surface area (Å²) in [6.45, 7) is 0. The van der Waals surface area contributed by atoms with Gasteiger partial charge >= 0.3 is 0 Å². The second kappa shape index (κ2) is 5.90. The van der Waals surface area contributed by atoms with E-state index in [-0.39, 0.29) is 16.4 Å². The van der Waals surface area contributed by atoms with Crippen LogP contribution in [0.25, 0.3) is 0 Å². The number of nitro benzene ring substituents is 1. The molecule has 0 spiro atoms. The average molecular weight is 310 g/mol. The Morgan fingerprint density at radius 3 is 2.86 bits per heavy atom. The van der Waals surface area contributed by atoms with E-state index in [1.807, 2.05) is 0 Å². The summed E-state index contributed by atoms with van der Waals surface area (Å²) < 4.78 is 1.50. The van der Waals surface area contributed by atoms with E-state index in [0.717, 1.165) is 0 Å². The van der Waals surface area contributed by atoms with E-state index in [4.69, 9.17) is 17.3 Å². The van der Waals surface area contributed by atoms with Crippen molar-refractivity contribution in [1.29, 1.82) is 0 Å². The van der Waals surface area contributed by atoms with Gasteiger partial charge in [0.1, 0.15) is 11.7 Å². The Morgan fingerprint density at radius 2 is 2.29 bits per heavy atom. The number of amides is 1. The molecule has 2 aromatic rings. The van der Waals surface area contributed by atoms with Crippen LogP contribution >= 0.6 is 11.6 Å². The Bertz CT molecular complexity index is 700. The first-order chi connectivity index (χ1) is 9.88. The Balaban J connectivity index is 2.23. The van der Waals surface area contributed by atoms with Gasteiger partial charge in [-0.15, -0.1) is 0 Å². The molecule has 0 radical (unpaired) electrons. The van der Waals surface area contributed by atoms with Crippen LogP contribution in [0.15, 0.2) is 30.6 Å². The van der Waals surface area contributed by atoms with Crippen molar-refractivity contribution < 1.29 is 9.72 Å². The maximum Gasteiger partial charge on any atom is 0.292 e. The van der Waals surface area contributed by atoms with Crippen molar-refractivity contribution in [3.8, 4) is 0 Å². The van der Waals surface area contributed by atoms with Gasteiger partial charge in [-0.1, -0.05) is 11.6 Å². The van der Waals surface area contributed by atoms with Crippen LogP contribution in [-0.2, 0) is 11.8 Å². The Morgan fingerprint density at radius 1 is 1.57 bits per heavy atom. The van der Waals surface area contributed by atoms with Crippen molar-refractivity contribution in [3.05, 3.63) is 51.3 Å². The molecular formula is C12H12ClN5O3. The topological polar surface area (TPSA) is 116 Å². The number of carbonyl (C=O) groups excluding carboxylic acids is 1. The van der Waals surface area contributed by atoms with Crippen LogP contribution in [-0.4, -0.2) is 20.6 Å². The minimum absolute atomic E-state index is 0.00293. The zero-order valence-corrected chi connectivity index (χ0v) is 11.7. The number of rotatable bonds is 4. The summed E-state index contributed by atoms with van der Waals surface area (Å²) in [5, 5.41) is 17.5. The highest BCUT2D eigenvalue weighted by Gasteiger charge is 2.21. The van der Waals surface area contributed by atoms with E-state index in [2.05, 4.69) is 10.4 Å². The average Bonchev–Trinajstić information content (AvgIpc) is 2.84.